The zero-order valence-corrected chi connectivity index (χ0v) is 15.0. The van der Waals surface area contributed by atoms with E-state index in [1.165, 1.54) is 0 Å². The fourth-order valence-corrected chi connectivity index (χ4v) is 2.57. The fraction of sp³-hybridized carbons (Fsp3) is 0.105. The second kappa shape index (κ2) is 7.84. The van der Waals surface area contributed by atoms with Crippen LogP contribution in [0.4, 0.5) is 17.2 Å². The third-order valence-electron chi connectivity index (χ3n) is 3.56. The number of ether oxygens (including phenoxy) is 1. The SMILES string of the molecule is COc1ccccc1Nc1cc(C(=O)Nc2ccccc2Cl)nc(C)n1. The highest BCUT2D eigenvalue weighted by Crippen LogP contribution is 2.26. The standard InChI is InChI=1S/C19H17ClN4O2/c1-12-21-16(19(25)24-14-8-4-3-7-13(14)20)11-18(22-12)23-15-9-5-6-10-17(15)26-2/h3-11H,1-2H3,(H,24,25)(H,21,22,23). The number of hydrogen-bond donors (Lipinski definition) is 2. The molecule has 0 bridgehead atoms. The Labute approximate surface area is 156 Å². The molecular formula is C19H17ClN4O2. The lowest BCUT2D eigenvalue weighted by Gasteiger charge is -2.12. The van der Waals surface area contributed by atoms with Gasteiger partial charge in [-0.15, -0.1) is 0 Å². The van der Waals surface area contributed by atoms with Gasteiger partial charge in [0.1, 0.15) is 23.1 Å². The molecule has 0 spiro atoms. The highest BCUT2D eigenvalue weighted by Gasteiger charge is 2.13. The molecule has 0 aliphatic rings. The lowest BCUT2D eigenvalue weighted by atomic mass is 10.2. The first-order chi connectivity index (χ1) is 12.6. The number of carbonyl (C=O) groups is 1. The number of aryl methyl sites for hydroxylation is 1. The smallest absolute Gasteiger partial charge is 0.274 e. The summed E-state index contributed by atoms with van der Waals surface area (Å²) in [6, 6.07) is 16.0. The number of aromatic nitrogens is 2. The Morgan fingerprint density at radius 1 is 1.04 bits per heavy atom. The minimum absolute atomic E-state index is 0.231. The first-order valence-corrected chi connectivity index (χ1v) is 8.26. The van der Waals surface area contributed by atoms with Crippen LogP contribution in [0.5, 0.6) is 5.75 Å². The fourth-order valence-electron chi connectivity index (χ4n) is 2.38. The Balaban J connectivity index is 1.85. The van der Waals surface area contributed by atoms with Crippen molar-refractivity contribution in [3.05, 3.63) is 71.1 Å². The van der Waals surface area contributed by atoms with Crippen LogP contribution in [0.3, 0.4) is 0 Å². The molecular weight excluding hydrogens is 352 g/mol. The maximum absolute atomic E-state index is 12.5. The molecule has 0 atom stereocenters. The number of hydrogen-bond acceptors (Lipinski definition) is 5. The summed E-state index contributed by atoms with van der Waals surface area (Å²) < 4.78 is 5.32. The van der Waals surface area contributed by atoms with Crippen molar-refractivity contribution >= 4 is 34.7 Å². The minimum atomic E-state index is -0.369. The summed E-state index contributed by atoms with van der Waals surface area (Å²) in [7, 11) is 1.59. The number of nitrogens with one attached hydrogen (secondary N) is 2. The van der Waals surface area contributed by atoms with Gasteiger partial charge in [0.2, 0.25) is 0 Å². The van der Waals surface area contributed by atoms with Crippen molar-refractivity contribution in [1.82, 2.24) is 9.97 Å². The van der Waals surface area contributed by atoms with Gasteiger partial charge in [-0.3, -0.25) is 4.79 Å². The van der Waals surface area contributed by atoms with Crippen molar-refractivity contribution < 1.29 is 9.53 Å². The Morgan fingerprint density at radius 3 is 2.46 bits per heavy atom. The van der Waals surface area contributed by atoms with Crippen LogP contribution < -0.4 is 15.4 Å². The van der Waals surface area contributed by atoms with Crippen LogP contribution in [0.25, 0.3) is 0 Å². The Bertz CT molecular complexity index is 946. The third-order valence-corrected chi connectivity index (χ3v) is 3.89. The largest absolute Gasteiger partial charge is 0.495 e. The quantitative estimate of drug-likeness (QED) is 0.696. The molecule has 132 valence electrons. The Hall–Kier alpha value is -3.12. The molecule has 26 heavy (non-hydrogen) atoms. The van der Waals surface area contributed by atoms with Crippen LogP contribution in [-0.4, -0.2) is 23.0 Å². The number of halogens is 1. The average Bonchev–Trinajstić information content (AvgIpc) is 2.63. The van der Waals surface area contributed by atoms with Crippen molar-refractivity contribution in [3.8, 4) is 5.75 Å². The summed E-state index contributed by atoms with van der Waals surface area (Å²) in [5.74, 6) is 1.26. The second-order valence-electron chi connectivity index (χ2n) is 5.44. The molecule has 1 heterocycles. The molecule has 0 saturated carbocycles. The van der Waals surface area contributed by atoms with Crippen LogP contribution in [0, 0.1) is 6.92 Å². The maximum Gasteiger partial charge on any atom is 0.274 e. The number of benzene rings is 2. The molecule has 3 aromatic rings. The molecule has 2 aromatic carbocycles. The summed E-state index contributed by atoms with van der Waals surface area (Å²) in [6.45, 7) is 1.72. The number of para-hydroxylation sites is 3. The Kier molecular flexibility index (Phi) is 5.34. The van der Waals surface area contributed by atoms with Crippen molar-refractivity contribution in [2.24, 2.45) is 0 Å². The van der Waals surface area contributed by atoms with E-state index in [4.69, 9.17) is 16.3 Å². The maximum atomic E-state index is 12.5. The van der Waals surface area contributed by atoms with E-state index in [-0.39, 0.29) is 11.6 Å². The zero-order chi connectivity index (χ0) is 18.5. The number of carbonyl (C=O) groups excluding carboxylic acids is 1. The van der Waals surface area contributed by atoms with E-state index in [1.807, 2.05) is 24.3 Å². The highest BCUT2D eigenvalue weighted by atomic mass is 35.5. The van der Waals surface area contributed by atoms with Gasteiger partial charge in [0.05, 0.1) is 23.5 Å². The van der Waals surface area contributed by atoms with Crippen LogP contribution >= 0.6 is 11.6 Å². The average molecular weight is 369 g/mol. The molecule has 3 rings (SSSR count). The van der Waals surface area contributed by atoms with Crippen LogP contribution in [0.1, 0.15) is 16.3 Å². The van der Waals surface area contributed by atoms with E-state index >= 15 is 0 Å². The molecule has 6 nitrogen and oxygen atoms in total. The van der Waals surface area contributed by atoms with Gasteiger partial charge < -0.3 is 15.4 Å². The molecule has 0 saturated heterocycles. The highest BCUT2D eigenvalue weighted by molar-refractivity contribution is 6.33. The van der Waals surface area contributed by atoms with E-state index in [0.29, 0.717) is 28.1 Å². The van der Waals surface area contributed by atoms with Crippen molar-refractivity contribution in [1.29, 1.82) is 0 Å². The first kappa shape index (κ1) is 17.7. The molecule has 1 amide bonds. The molecule has 0 unspecified atom stereocenters. The number of rotatable bonds is 5. The van der Waals surface area contributed by atoms with E-state index in [9.17, 15) is 4.79 Å². The lowest BCUT2D eigenvalue weighted by Crippen LogP contribution is -2.15. The van der Waals surface area contributed by atoms with Gasteiger partial charge in [0, 0.05) is 6.07 Å². The second-order valence-corrected chi connectivity index (χ2v) is 5.85. The molecule has 1 aromatic heterocycles. The minimum Gasteiger partial charge on any atom is -0.495 e. The Morgan fingerprint density at radius 2 is 1.73 bits per heavy atom. The molecule has 7 heteroatoms. The molecule has 0 aliphatic heterocycles. The van der Waals surface area contributed by atoms with E-state index in [0.717, 1.165) is 5.69 Å². The first-order valence-electron chi connectivity index (χ1n) is 7.88. The van der Waals surface area contributed by atoms with Gasteiger partial charge in [-0.1, -0.05) is 35.9 Å². The number of methoxy groups -OCH3 is 1. The summed E-state index contributed by atoms with van der Waals surface area (Å²) >= 11 is 6.09. The van der Waals surface area contributed by atoms with E-state index in [1.54, 1.807) is 44.4 Å². The topological polar surface area (TPSA) is 76.1 Å². The van der Waals surface area contributed by atoms with E-state index < -0.39 is 0 Å². The van der Waals surface area contributed by atoms with Gasteiger partial charge in [-0.25, -0.2) is 9.97 Å². The predicted octanol–water partition coefficient (Wildman–Crippen LogP) is 4.44. The van der Waals surface area contributed by atoms with Crippen molar-refractivity contribution in [2.75, 3.05) is 17.7 Å². The summed E-state index contributed by atoms with van der Waals surface area (Å²) in [6.07, 6.45) is 0. The van der Waals surface area contributed by atoms with Crippen LogP contribution in [0.2, 0.25) is 5.02 Å². The number of amides is 1. The molecule has 2 N–H and O–H groups in total. The van der Waals surface area contributed by atoms with Gasteiger partial charge in [0.25, 0.3) is 5.91 Å². The van der Waals surface area contributed by atoms with Gasteiger partial charge in [-0.2, -0.15) is 0 Å². The third kappa shape index (κ3) is 4.10. The number of nitrogens with zero attached hydrogens (tertiary/aromatic N) is 2. The monoisotopic (exact) mass is 368 g/mol. The number of anilines is 3. The molecule has 0 fully saturated rings. The van der Waals surface area contributed by atoms with Gasteiger partial charge >= 0.3 is 0 Å². The molecule has 0 radical (unpaired) electrons. The van der Waals surface area contributed by atoms with Crippen molar-refractivity contribution in [2.45, 2.75) is 6.92 Å². The van der Waals surface area contributed by atoms with E-state index in [2.05, 4.69) is 20.6 Å². The summed E-state index contributed by atoms with van der Waals surface area (Å²) in [4.78, 5) is 21.1. The van der Waals surface area contributed by atoms with Crippen LogP contribution in [0.15, 0.2) is 54.6 Å². The predicted molar refractivity (Wildman–Crippen MR) is 102 cm³/mol. The lowest BCUT2D eigenvalue weighted by molar-refractivity contribution is 0.102. The zero-order valence-electron chi connectivity index (χ0n) is 14.3. The molecule has 0 aliphatic carbocycles. The summed E-state index contributed by atoms with van der Waals surface area (Å²) in [5.41, 5.74) is 1.50. The summed E-state index contributed by atoms with van der Waals surface area (Å²) in [5, 5.41) is 6.36. The normalized spacial score (nSPS) is 10.3. The van der Waals surface area contributed by atoms with Gasteiger partial charge in [0.15, 0.2) is 0 Å². The van der Waals surface area contributed by atoms with Crippen molar-refractivity contribution in [3.63, 3.8) is 0 Å². The van der Waals surface area contributed by atoms with Gasteiger partial charge in [-0.05, 0) is 31.2 Å². The van der Waals surface area contributed by atoms with Crippen LogP contribution in [-0.2, 0) is 0 Å².